The van der Waals surface area contributed by atoms with Crippen LogP contribution in [0.25, 0.3) is 0 Å². The van der Waals surface area contributed by atoms with Crippen LogP contribution in [0.15, 0.2) is 24.3 Å². The Kier molecular flexibility index (Phi) is 2.52. The molecular weight excluding hydrogens is 242 g/mol. The van der Waals surface area contributed by atoms with Gasteiger partial charge >= 0.3 is 10.2 Å². The van der Waals surface area contributed by atoms with Crippen LogP contribution in [0.5, 0.6) is 0 Å². The number of carbonyl (C=O) groups is 1. The summed E-state index contributed by atoms with van der Waals surface area (Å²) in [5.74, 6) is -0.602. The molecule has 0 unspecified atom stereocenters. The number of rotatable bonds is 1. The van der Waals surface area contributed by atoms with E-state index in [9.17, 15) is 13.2 Å². The first-order valence-corrected chi connectivity index (χ1v) is 6.29. The van der Waals surface area contributed by atoms with Crippen molar-refractivity contribution in [3.05, 3.63) is 29.8 Å². The Morgan fingerprint density at radius 2 is 2.00 bits per heavy atom. The van der Waals surface area contributed by atoms with Gasteiger partial charge in [-0.25, -0.2) is 4.31 Å². The van der Waals surface area contributed by atoms with Gasteiger partial charge in [0.25, 0.3) is 5.91 Å². The first-order chi connectivity index (χ1) is 8.04. The summed E-state index contributed by atoms with van der Waals surface area (Å²) in [5.41, 5.74) is 0.315. The third kappa shape index (κ3) is 1.45. The lowest BCUT2D eigenvalue weighted by Gasteiger charge is -2.31. The van der Waals surface area contributed by atoms with Crippen LogP contribution in [0.3, 0.4) is 0 Å². The second-order valence-corrected chi connectivity index (χ2v) is 5.06. The van der Waals surface area contributed by atoms with E-state index in [1.165, 1.54) is 12.1 Å². The average Bonchev–Trinajstić information content (AvgIpc) is 2.29. The second-order valence-electron chi connectivity index (χ2n) is 3.36. The van der Waals surface area contributed by atoms with Gasteiger partial charge in [-0.2, -0.15) is 18.0 Å². The highest BCUT2D eigenvalue weighted by Gasteiger charge is 2.40. The summed E-state index contributed by atoms with van der Waals surface area (Å²) in [6.07, 6.45) is 1.59. The van der Waals surface area contributed by atoms with Crippen molar-refractivity contribution in [2.24, 2.45) is 0 Å². The van der Waals surface area contributed by atoms with Gasteiger partial charge in [0.15, 0.2) is 0 Å². The number of hydrogen-bond donors (Lipinski definition) is 0. The fourth-order valence-electron chi connectivity index (χ4n) is 1.71. The lowest BCUT2D eigenvalue weighted by atomic mass is 10.1. The zero-order chi connectivity index (χ0) is 12.6. The van der Waals surface area contributed by atoms with Gasteiger partial charge in [-0.15, -0.1) is 0 Å². The van der Waals surface area contributed by atoms with Gasteiger partial charge < -0.3 is 0 Å². The van der Waals surface area contributed by atoms with Crippen LogP contribution in [0.2, 0.25) is 0 Å². The van der Waals surface area contributed by atoms with E-state index in [-0.39, 0.29) is 17.8 Å². The zero-order valence-electron chi connectivity index (χ0n) is 8.99. The molecule has 88 valence electrons. The molecule has 0 spiro atoms. The fourth-order valence-corrected chi connectivity index (χ4v) is 3.05. The van der Waals surface area contributed by atoms with Gasteiger partial charge in [0, 0.05) is 6.54 Å². The molecule has 1 aromatic carbocycles. The topological polar surface area (TPSA) is 81.5 Å². The normalized spacial score (nSPS) is 17.5. The standard InChI is InChI=1S/C10H9N3O3S/c1-2-12-10(14)8-5-3-4-6-9(8)13(7-11)17(12,15)16/h3-6H,2H2,1H3. The number of hydrogen-bond acceptors (Lipinski definition) is 4. The third-order valence-electron chi connectivity index (χ3n) is 2.47. The summed E-state index contributed by atoms with van der Waals surface area (Å²) in [5, 5.41) is 8.93. The fraction of sp³-hybridized carbons (Fsp3) is 0.200. The van der Waals surface area contributed by atoms with Crippen molar-refractivity contribution >= 4 is 21.8 Å². The molecule has 1 aliphatic heterocycles. The molecule has 0 atom stereocenters. The average molecular weight is 251 g/mol. The molecule has 6 nitrogen and oxygen atoms in total. The van der Waals surface area contributed by atoms with E-state index in [1.54, 1.807) is 25.2 Å². The van der Waals surface area contributed by atoms with E-state index in [2.05, 4.69) is 0 Å². The molecule has 0 radical (unpaired) electrons. The van der Waals surface area contributed by atoms with Gasteiger partial charge in [-0.3, -0.25) is 4.79 Å². The number of fused-ring (bicyclic) bond motifs is 1. The van der Waals surface area contributed by atoms with Gasteiger partial charge in [0.1, 0.15) is 0 Å². The number of para-hydroxylation sites is 1. The Morgan fingerprint density at radius 1 is 1.35 bits per heavy atom. The monoisotopic (exact) mass is 251 g/mol. The summed E-state index contributed by atoms with van der Waals surface area (Å²) >= 11 is 0. The number of benzene rings is 1. The van der Waals surface area contributed by atoms with Crippen LogP contribution in [0.4, 0.5) is 5.69 Å². The van der Waals surface area contributed by atoms with E-state index in [0.717, 1.165) is 0 Å². The Labute approximate surface area is 98.9 Å². The van der Waals surface area contributed by atoms with Crippen molar-refractivity contribution in [2.75, 3.05) is 10.8 Å². The predicted molar refractivity (Wildman–Crippen MR) is 60.2 cm³/mol. The molecule has 0 bridgehead atoms. The molecule has 0 aromatic heterocycles. The van der Waals surface area contributed by atoms with Gasteiger partial charge in [0.05, 0.1) is 11.3 Å². The minimum absolute atomic E-state index is 0.00627. The third-order valence-corrected chi connectivity index (χ3v) is 4.19. The zero-order valence-corrected chi connectivity index (χ0v) is 9.81. The second kappa shape index (κ2) is 3.75. The summed E-state index contributed by atoms with van der Waals surface area (Å²) in [6, 6.07) is 6.13. The molecule has 0 N–H and O–H groups in total. The van der Waals surface area contributed by atoms with Crippen LogP contribution in [0, 0.1) is 11.5 Å². The maximum Gasteiger partial charge on any atom is 0.341 e. The van der Waals surface area contributed by atoms with Gasteiger partial charge in [0.2, 0.25) is 6.19 Å². The van der Waals surface area contributed by atoms with Gasteiger partial charge in [-0.05, 0) is 19.1 Å². The molecule has 1 aliphatic rings. The van der Waals surface area contributed by atoms with Crippen molar-refractivity contribution < 1.29 is 13.2 Å². The summed E-state index contributed by atoms with van der Waals surface area (Å²) < 4.78 is 25.2. The number of anilines is 1. The highest BCUT2D eigenvalue weighted by Crippen LogP contribution is 2.31. The summed E-state index contributed by atoms with van der Waals surface area (Å²) in [6.45, 7) is 1.53. The van der Waals surface area contributed by atoms with E-state index in [4.69, 9.17) is 5.26 Å². The van der Waals surface area contributed by atoms with Crippen LogP contribution in [-0.2, 0) is 10.2 Å². The smallest absolute Gasteiger partial charge is 0.268 e. The first-order valence-electron chi connectivity index (χ1n) is 4.90. The van der Waals surface area contributed by atoms with Crippen molar-refractivity contribution in [3.8, 4) is 6.19 Å². The molecule has 1 heterocycles. The van der Waals surface area contributed by atoms with Crippen LogP contribution in [-0.4, -0.2) is 25.2 Å². The van der Waals surface area contributed by atoms with E-state index in [1.807, 2.05) is 0 Å². The maximum absolute atomic E-state index is 12.0. The Hall–Kier alpha value is -2.07. The number of amides is 1. The Balaban J connectivity index is 2.76. The first kappa shape index (κ1) is 11.4. The molecule has 1 aromatic rings. The molecule has 7 heteroatoms. The SMILES string of the molecule is CCN1C(=O)c2ccccc2N(C#N)S1(=O)=O. The molecule has 0 fully saturated rings. The molecule has 17 heavy (non-hydrogen) atoms. The number of nitrogens with zero attached hydrogens (tertiary/aromatic N) is 3. The Bertz CT molecular complexity index is 618. The summed E-state index contributed by atoms with van der Waals surface area (Å²) in [7, 11) is -4.07. The van der Waals surface area contributed by atoms with E-state index >= 15 is 0 Å². The highest BCUT2D eigenvalue weighted by atomic mass is 32.2. The van der Waals surface area contributed by atoms with Crippen molar-refractivity contribution in [1.82, 2.24) is 4.31 Å². The minimum atomic E-state index is -4.07. The van der Waals surface area contributed by atoms with Crippen molar-refractivity contribution in [2.45, 2.75) is 6.92 Å². The summed E-state index contributed by atoms with van der Waals surface area (Å²) in [4.78, 5) is 11.9. The largest absolute Gasteiger partial charge is 0.341 e. The molecule has 0 aliphatic carbocycles. The van der Waals surface area contributed by atoms with Crippen molar-refractivity contribution in [3.63, 3.8) is 0 Å². The molecule has 2 rings (SSSR count). The Morgan fingerprint density at radius 3 is 2.59 bits per heavy atom. The molecular formula is C10H9N3O3S. The molecule has 0 saturated heterocycles. The van der Waals surface area contributed by atoms with Crippen LogP contribution >= 0.6 is 0 Å². The highest BCUT2D eigenvalue weighted by molar-refractivity contribution is 7.91. The predicted octanol–water partition coefficient (Wildman–Crippen LogP) is 0.695. The van der Waals surface area contributed by atoms with Crippen molar-refractivity contribution in [1.29, 1.82) is 5.26 Å². The number of nitriles is 1. The van der Waals surface area contributed by atoms with E-state index < -0.39 is 16.1 Å². The van der Waals surface area contributed by atoms with Crippen LogP contribution < -0.4 is 4.31 Å². The lowest BCUT2D eigenvalue weighted by Crippen LogP contribution is -2.49. The van der Waals surface area contributed by atoms with E-state index in [0.29, 0.717) is 8.61 Å². The van der Waals surface area contributed by atoms with Crippen LogP contribution in [0.1, 0.15) is 17.3 Å². The lowest BCUT2D eigenvalue weighted by molar-refractivity contribution is 0.0863. The quantitative estimate of drug-likeness (QED) is 0.688. The molecule has 0 saturated carbocycles. The number of carbonyl (C=O) groups excluding carboxylic acids is 1. The maximum atomic E-state index is 12.0. The molecule has 1 amide bonds. The minimum Gasteiger partial charge on any atom is -0.268 e. The van der Waals surface area contributed by atoms with Gasteiger partial charge in [-0.1, -0.05) is 12.1 Å².